The van der Waals surface area contributed by atoms with Crippen LogP contribution in [0.4, 0.5) is 0 Å². The highest BCUT2D eigenvalue weighted by Crippen LogP contribution is 2.24. The number of hydrogen-bond donors (Lipinski definition) is 1. The Kier molecular flexibility index (Phi) is 5.16. The first-order valence-corrected chi connectivity index (χ1v) is 7.39. The minimum atomic E-state index is 0.244. The Bertz CT molecular complexity index is 564. The van der Waals surface area contributed by atoms with E-state index in [-0.39, 0.29) is 6.04 Å². The maximum absolute atomic E-state index is 6.34. The topological polar surface area (TPSA) is 24.9 Å². The average molecular weight is 289 g/mol. The summed E-state index contributed by atoms with van der Waals surface area (Å²) in [7, 11) is 0. The molecule has 20 heavy (non-hydrogen) atoms. The molecule has 0 radical (unpaired) electrons. The fourth-order valence-corrected chi connectivity index (χ4v) is 2.59. The van der Waals surface area contributed by atoms with Crippen LogP contribution >= 0.6 is 11.6 Å². The van der Waals surface area contributed by atoms with Crippen molar-refractivity contribution in [2.45, 2.75) is 33.2 Å². The van der Waals surface area contributed by atoms with E-state index in [9.17, 15) is 0 Å². The van der Waals surface area contributed by atoms with E-state index >= 15 is 0 Å². The van der Waals surface area contributed by atoms with Crippen LogP contribution in [0.15, 0.2) is 36.5 Å². The molecule has 0 aliphatic rings. The highest BCUT2D eigenvalue weighted by Gasteiger charge is 2.13. The molecule has 2 nitrogen and oxygen atoms in total. The average Bonchev–Trinajstić information content (AvgIpc) is 2.42. The van der Waals surface area contributed by atoms with Gasteiger partial charge < -0.3 is 5.32 Å². The molecule has 1 atom stereocenters. The SMILES string of the molecule is CCNC(Cc1ccc(C)cc1Cl)c1ccc(C)nc1. The van der Waals surface area contributed by atoms with Gasteiger partial charge in [0, 0.05) is 23.0 Å². The first-order valence-electron chi connectivity index (χ1n) is 7.01. The zero-order valence-electron chi connectivity index (χ0n) is 12.3. The summed E-state index contributed by atoms with van der Waals surface area (Å²) in [6.07, 6.45) is 2.82. The third-order valence-electron chi connectivity index (χ3n) is 3.42. The van der Waals surface area contributed by atoms with Crippen LogP contribution in [0.25, 0.3) is 0 Å². The Morgan fingerprint density at radius 1 is 1.20 bits per heavy atom. The summed E-state index contributed by atoms with van der Waals surface area (Å²) in [5.41, 5.74) is 4.60. The third-order valence-corrected chi connectivity index (χ3v) is 3.77. The highest BCUT2D eigenvalue weighted by atomic mass is 35.5. The van der Waals surface area contributed by atoms with Gasteiger partial charge in [0.1, 0.15) is 0 Å². The standard InChI is InChI=1S/C17H21ClN2/c1-4-19-17(15-8-6-13(3)20-11-15)10-14-7-5-12(2)9-16(14)18/h5-9,11,17,19H,4,10H2,1-3H3. The molecular weight excluding hydrogens is 268 g/mol. The first-order chi connectivity index (χ1) is 9.60. The molecule has 0 amide bonds. The van der Waals surface area contributed by atoms with Gasteiger partial charge in [-0.3, -0.25) is 4.98 Å². The predicted molar refractivity (Wildman–Crippen MR) is 85.3 cm³/mol. The monoisotopic (exact) mass is 288 g/mol. The van der Waals surface area contributed by atoms with Gasteiger partial charge in [0.15, 0.2) is 0 Å². The number of benzene rings is 1. The largest absolute Gasteiger partial charge is 0.310 e. The van der Waals surface area contributed by atoms with E-state index in [0.29, 0.717) is 0 Å². The fraction of sp³-hybridized carbons (Fsp3) is 0.353. The van der Waals surface area contributed by atoms with Gasteiger partial charge in [0.25, 0.3) is 0 Å². The number of aryl methyl sites for hydroxylation is 2. The summed E-state index contributed by atoms with van der Waals surface area (Å²) in [6, 6.07) is 10.7. The van der Waals surface area contributed by atoms with Crippen LogP contribution in [0.3, 0.4) is 0 Å². The summed E-state index contributed by atoms with van der Waals surface area (Å²) >= 11 is 6.34. The molecule has 3 heteroatoms. The van der Waals surface area contributed by atoms with Crippen LogP contribution in [0, 0.1) is 13.8 Å². The van der Waals surface area contributed by atoms with Gasteiger partial charge in [-0.2, -0.15) is 0 Å². The summed E-state index contributed by atoms with van der Waals surface area (Å²) < 4.78 is 0. The second-order valence-corrected chi connectivity index (χ2v) is 5.55. The summed E-state index contributed by atoms with van der Waals surface area (Å²) in [4.78, 5) is 4.39. The Morgan fingerprint density at radius 3 is 2.60 bits per heavy atom. The van der Waals surface area contributed by atoms with Crippen LogP contribution in [0.1, 0.15) is 35.3 Å². The van der Waals surface area contributed by atoms with Gasteiger partial charge in [0.2, 0.25) is 0 Å². The van der Waals surface area contributed by atoms with E-state index in [4.69, 9.17) is 11.6 Å². The Morgan fingerprint density at radius 2 is 2.00 bits per heavy atom. The maximum Gasteiger partial charge on any atom is 0.0441 e. The van der Waals surface area contributed by atoms with Crippen LogP contribution in [0.5, 0.6) is 0 Å². The van der Waals surface area contributed by atoms with Crippen molar-refractivity contribution >= 4 is 11.6 Å². The zero-order valence-corrected chi connectivity index (χ0v) is 13.0. The van der Waals surface area contributed by atoms with Crippen molar-refractivity contribution in [3.8, 4) is 0 Å². The Balaban J connectivity index is 2.22. The Labute approximate surface area is 126 Å². The third kappa shape index (κ3) is 3.81. The number of nitrogens with one attached hydrogen (secondary N) is 1. The summed E-state index contributed by atoms with van der Waals surface area (Å²) in [5.74, 6) is 0. The normalized spacial score (nSPS) is 12.4. The number of rotatable bonds is 5. The lowest BCUT2D eigenvalue weighted by atomic mass is 9.99. The number of likely N-dealkylation sites (N-methyl/N-ethyl adjacent to an activating group) is 1. The molecule has 0 spiro atoms. The molecule has 1 unspecified atom stereocenters. The summed E-state index contributed by atoms with van der Waals surface area (Å²) in [6.45, 7) is 7.09. The molecule has 1 heterocycles. The molecule has 106 valence electrons. The first kappa shape index (κ1) is 15.0. The highest BCUT2D eigenvalue weighted by molar-refractivity contribution is 6.31. The molecule has 0 aliphatic heterocycles. The lowest BCUT2D eigenvalue weighted by Crippen LogP contribution is -2.23. The fourth-order valence-electron chi connectivity index (χ4n) is 2.28. The molecule has 0 bridgehead atoms. The molecule has 2 aromatic rings. The zero-order chi connectivity index (χ0) is 14.5. The van der Waals surface area contributed by atoms with E-state index < -0.39 is 0 Å². The minimum absolute atomic E-state index is 0.244. The smallest absolute Gasteiger partial charge is 0.0441 e. The van der Waals surface area contributed by atoms with Gasteiger partial charge in [-0.25, -0.2) is 0 Å². The lowest BCUT2D eigenvalue weighted by Gasteiger charge is -2.19. The van der Waals surface area contributed by atoms with Crippen LogP contribution in [0.2, 0.25) is 5.02 Å². The quantitative estimate of drug-likeness (QED) is 0.890. The van der Waals surface area contributed by atoms with Gasteiger partial charge in [-0.1, -0.05) is 36.7 Å². The van der Waals surface area contributed by atoms with Crippen LogP contribution < -0.4 is 5.32 Å². The van der Waals surface area contributed by atoms with Gasteiger partial charge in [-0.05, 0) is 55.6 Å². The number of nitrogens with zero attached hydrogens (tertiary/aromatic N) is 1. The molecule has 1 aromatic carbocycles. The number of aromatic nitrogens is 1. The second kappa shape index (κ2) is 6.87. The van der Waals surface area contributed by atoms with E-state index in [1.165, 1.54) is 16.7 Å². The van der Waals surface area contributed by atoms with E-state index in [2.05, 4.69) is 48.4 Å². The molecule has 0 saturated carbocycles. The van der Waals surface area contributed by atoms with Gasteiger partial charge in [0.05, 0.1) is 0 Å². The van der Waals surface area contributed by atoms with Crippen molar-refractivity contribution in [1.29, 1.82) is 0 Å². The van der Waals surface area contributed by atoms with Gasteiger partial charge >= 0.3 is 0 Å². The van der Waals surface area contributed by atoms with E-state index in [1.54, 1.807) is 0 Å². The lowest BCUT2D eigenvalue weighted by molar-refractivity contribution is 0.548. The van der Waals surface area contributed by atoms with Crippen molar-refractivity contribution < 1.29 is 0 Å². The number of pyridine rings is 1. The molecule has 1 N–H and O–H groups in total. The van der Waals surface area contributed by atoms with Crippen LogP contribution in [-0.2, 0) is 6.42 Å². The van der Waals surface area contributed by atoms with E-state index in [1.807, 2.05) is 19.2 Å². The van der Waals surface area contributed by atoms with Crippen molar-refractivity contribution in [1.82, 2.24) is 10.3 Å². The maximum atomic E-state index is 6.34. The minimum Gasteiger partial charge on any atom is -0.310 e. The molecular formula is C17H21ClN2. The number of hydrogen-bond acceptors (Lipinski definition) is 2. The molecule has 1 aromatic heterocycles. The summed E-state index contributed by atoms with van der Waals surface area (Å²) in [5, 5.41) is 4.35. The Hall–Kier alpha value is -1.38. The predicted octanol–water partition coefficient (Wildman–Crippen LogP) is 4.25. The number of halogens is 1. The van der Waals surface area contributed by atoms with Crippen molar-refractivity contribution in [3.05, 3.63) is 63.9 Å². The van der Waals surface area contributed by atoms with Gasteiger partial charge in [-0.15, -0.1) is 0 Å². The molecule has 0 aliphatic carbocycles. The molecule has 2 rings (SSSR count). The van der Waals surface area contributed by atoms with Crippen molar-refractivity contribution in [3.63, 3.8) is 0 Å². The van der Waals surface area contributed by atoms with Crippen molar-refractivity contribution in [2.24, 2.45) is 0 Å². The molecule has 0 fully saturated rings. The molecule has 0 saturated heterocycles. The second-order valence-electron chi connectivity index (χ2n) is 5.14. The van der Waals surface area contributed by atoms with Crippen molar-refractivity contribution in [2.75, 3.05) is 6.54 Å². The van der Waals surface area contributed by atoms with E-state index in [0.717, 1.165) is 23.7 Å². The van der Waals surface area contributed by atoms with Crippen LogP contribution in [-0.4, -0.2) is 11.5 Å².